The second-order valence-corrected chi connectivity index (χ2v) is 6.56. The van der Waals surface area contributed by atoms with Crippen LogP contribution >= 0.6 is 0 Å². The van der Waals surface area contributed by atoms with Crippen LogP contribution in [0.5, 0.6) is 5.75 Å². The predicted molar refractivity (Wildman–Crippen MR) is 103 cm³/mol. The van der Waals surface area contributed by atoms with E-state index in [4.69, 9.17) is 4.74 Å². The second kappa shape index (κ2) is 7.15. The number of aromatic amines is 1. The first-order valence-corrected chi connectivity index (χ1v) is 8.96. The van der Waals surface area contributed by atoms with E-state index in [9.17, 15) is 9.59 Å². The van der Waals surface area contributed by atoms with Gasteiger partial charge in [0, 0.05) is 48.8 Å². The number of nitrogens with one attached hydrogen (secondary N) is 1. The van der Waals surface area contributed by atoms with Crippen LogP contribution in [-0.2, 0) is 0 Å². The first kappa shape index (κ1) is 17.1. The summed E-state index contributed by atoms with van der Waals surface area (Å²) >= 11 is 0. The molecule has 1 aromatic heterocycles. The van der Waals surface area contributed by atoms with Crippen LogP contribution in [0.1, 0.15) is 20.7 Å². The third-order valence-electron chi connectivity index (χ3n) is 5.01. The lowest BCUT2D eigenvalue weighted by molar-refractivity contribution is 0.0536. The number of carbonyl (C=O) groups is 2. The van der Waals surface area contributed by atoms with Gasteiger partial charge in [0.1, 0.15) is 5.75 Å². The van der Waals surface area contributed by atoms with Gasteiger partial charge in [0.05, 0.1) is 12.7 Å². The molecule has 0 aliphatic carbocycles. The van der Waals surface area contributed by atoms with Crippen molar-refractivity contribution in [3.63, 3.8) is 0 Å². The second-order valence-electron chi connectivity index (χ2n) is 6.56. The number of aromatic nitrogens is 1. The fourth-order valence-electron chi connectivity index (χ4n) is 3.45. The summed E-state index contributed by atoms with van der Waals surface area (Å²) in [5.41, 5.74) is 2.27. The molecule has 1 saturated heterocycles. The number of hydrogen-bond donors (Lipinski definition) is 1. The molecule has 0 spiro atoms. The Morgan fingerprint density at radius 3 is 2.19 bits per heavy atom. The highest BCUT2D eigenvalue weighted by atomic mass is 16.5. The van der Waals surface area contributed by atoms with Gasteiger partial charge < -0.3 is 19.5 Å². The molecule has 1 aliphatic rings. The Morgan fingerprint density at radius 1 is 0.889 bits per heavy atom. The molecule has 0 unspecified atom stereocenters. The van der Waals surface area contributed by atoms with Crippen molar-refractivity contribution in [2.24, 2.45) is 0 Å². The van der Waals surface area contributed by atoms with Crippen LogP contribution in [-0.4, -0.2) is 59.9 Å². The number of amides is 2. The largest absolute Gasteiger partial charge is 0.497 e. The number of hydrogen-bond acceptors (Lipinski definition) is 3. The van der Waals surface area contributed by atoms with Gasteiger partial charge in [-0.3, -0.25) is 9.59 Å². The number of benzene rings is 2. The van der Waals surface area contributed by atoms with Gasteiger partial charge in [0.25, 0.3) is 11.8 Å². The van der Waals surface area contributed by atoms with E-state index in [0.29, 0.717) is 37.3 Å². The van der Waals surface area contributed by atoms with Crippen molar-refractivity contribution < 1.29 is 14.3 Å². The van der Waals surface area contributed by atoms with Crippen LogP contribution in [0.4, 0.5) is 0 Å². The maximum absolute atomic E-state index is 12.9. The lowest BCUT2D eigenvalue weighted by atomic mass is 10.1. The fraction of sp³-hybridized carbons (Fsp3) is 0.238. The number of fused-ring (bicyclic) bond motifs is 1. The molecule has 1 fully saturated rings. The van der Waals surface area contributed by atoms with E-state index < -0.39 is 0 Å². The molecule has 138 valence electrons. The van der Waals surface area contributed by atoms with Gasteiger partial charge in [-0.25, -0.2) is 0 Å². The summed E-state index contributed by atoms with van der Waals surface area (Å²) < 4.78 is 5.13. The highest BCUT2D eigenvalue weighted by Crippen LogP contribution is 2.20. The molecule has 4 rings (SSSR count). The number of methoxy groups -OCH3 is 1. The lowest BCUT2D eigenvalue weighted by Gasteiger charge is -2.34. The Hall–Kier alpha value is -3.28. The molecular formula is C21H21N3O3. The number of ether oxygens (including phenoxy) is 1. The molecule has 6 heteroatoms. The Kier molecular flexibility index (Phi) is 4.54. The molecule has 2 heterocycles. The molecule has 1 N–H and O–H groups in total. The van der Waals surface area contributed by atoms with Crippen LogP contribution in [0.25, 0.3) is 10.9 Å². The van der Waals surface area contributed by atoms with Crippen molar-refractivity contribution in [1.82, 2.24) is 14.8 Å². The van der Waals surface area contributed by atoms with Gasteiger partial charge in [0.2, 0.25) is 0 Å². The molecule has 0 atom stereocenters. The number of piperazine rings is 1. The number of rotatable bonds is 3. The summed E-state index contributed by atoms with van der Waals surface area (Å²) in [6.07, 6.45) is 1.77. The van der Waals surface area contributed by atoms with Crippen molar-refractivity contribution >= 4 is 22.7 Å². The van der Waals surface area contributed by atoms with Crippen LogP contribution in [0.2, 0.25) is 0 Å². The van der Waals surface area contributed by atoms with Crippen molar-refractivity contribution in [3.8, 4) is 5.75 Å². The van der Waals surface area contributed by atoms with E-state index in [-0.39, 0.29) is 11.8 Å². The SMILES string of the molecule is COc1ccc(C(=O)N2CCN(C(=O)c3c[nH]c4ccccc34)CC2)cc1. The summed E-state index contributed by atoms with van der Waals surface area (Å²) in [7, 11) is 1.60. The molecule has 2 amide bonds. The van der Waals surface area contributed by atoms with E-state index in [1.54, 1.807) is 42.5 Å². The summed E-state index contributed by atoms with van der Waals surface area (Å²) in [5, 5.41) is 0.930. The van der Waals surface area contributed by atoms with Gasteiger partial charge in [-0.1, -0.05) is 18.2 Å². The Morgan fingerprint density at radius 2 is 1.52 bits per heavy atom. The fourth-order valence-corrected chi connectivity index (χ4v) is 3.45. The zero-order valence-electron chi connectivity index (χ0n) is 15.1. The molecule has 1 aliphatic heterocycles. The first-order valence-electron chi connectivity index (χ1n) is 8.96. The third-order valence-corrected chi connectivity index (χ3v) is 5.01. The van der Waals surface area contributed by atoms with Crippen molar-refractivity contribution in [2.45, 2.75) is 0 Å². The molecule has 2 aromatic carbocycles. The Balaban J connectivity index is 1.42. The van der Waals surface area contributed by atoms with Crippen molar-refractivity contribution in [1.29, 1.82) is 0 Å². The maximum Gasteiger partial charge on any atom is 0.256 e. The maximum atomic E-state index is 12.9. The molecule has 27 heavy (non-hydrogen) atoms. The number of H-pyrrole nitrogens is 1. The average Bonchev–Trinajstić information content (AvgIpc) is 3.17. The van der Waals surface area contributed by atoms with E-state index in [2.05, 4.69) is 4.98 Å². The quantitative estimate of drug-likeness (QED) is 0.778. The van der Waals surface area contributed by atoms with Gasteiger partial charge in [-0.15, -0.1) is 0 Å². The monoisotopic (exact) mass is 363 g/mol. The van der Waals surface area contributed by atoms with E-state index in [0.717, 1.165) is 16.7 Å². The normalized spacial score (nSPS) is 14.4. The molecular weight excluding hydrogens is 342 g/mol. The van der Waals surface area contributed by atoms with Gasteiger partial charge >= 0.3 is 0 Å². The zero-order chi connectivity index (χ0) is 18.8. The molecule has 3 aromatic rings. The van der Waals surface area contributed by atoms with Crippen LogP contribution in [0, 0.1) is 0 Å². The average molecular weight is 363 g/mol. The Labute approximate surface area is 157 Å². The van der Waals surface area contributed by atoms with Gasteiger partial charge in [0.15, 0.2) is 0 Å². The van der Waals surface area contributed by atoms with Crippen LogP contribution in [0.15, 0.2) is 54.7 Å². The highest BCUT2D eigenvalue weighted by molar-refractivity contribution is 6.06. The van der Waals surface area contributed by atoms with Crippen LogP contribution < -0.4 is 4.74 Å². The third kappa shape index (κ3) is 3.26. The minimum Gasteiger partial charge on any atom is -0.497 e. The number of nitrogens with zero attached hydrogens (tertiary/aromatic N) is 2. The molecule has 6 nitrogen and oxygen atoms in total. The van der Waals surface area contributed by atoms with E-state index in [1.165, 1.54) is 0 Å². The molecule has 0 radical (unpaired) electrons. The minimum absolute atomic E-state index is 0.00370. The van der Waals surface area contributed by atoms with Gasteiger partial charge in [-0.05, 0) is 30.3 Å². The summed E-state index contributed by atoms with van der Waals surface area (Å²) in [4.78, 5) is 32.3. The van der Waals surface area contributed by atoms with Crippen molar-refractivity contribution in [2.75, 3.05) is 33.3 Å². The van der Waals surface area contributed by atoms with Crippen LogP contribution in [0.3, 0.4) is 0 Å². The zero-order valence-corrected chi connectivity index (χ0v) is 15.1. The lowest BCUT2D eigenvalue weighted by Crippen LogP contribution is -2.50. The first-order chi connectivity index (χ1) is 13.2. The molecule has 0 saturated carbocycles. The number of carbonyl (C=O) groups excluding carboxylic acids is 2. The summed E-state index contributed by atoms with van der Waals surface area (Å²) in [5.74, 6) is 0.710. The van der Waals surface area contributed by atoms with E-state index in [1.807, 2.05) is 29.2 Å². The highest BCUT2D eigenvalue weighted by Gasteiger charge is 2.26. The standard InChI is InChI=1S/C21H21N3O3/c1-27-16-8-6-15(7-9-16)20(25)23-10-12-24(13-11-23)21(26)18-14-22-19-5-3-2-4-17(18)19/h2-9,14,22H,10-13H2,1H3. The van der Waals surface area contributed by atoms with E-state index >= 15 is 0 Å². The Bertz CT molecular complexity index is 970. The van der Waals surface area contributed by atoms with Crippen molar-refractivity contribution in [3.05, 3.63) is 65.9 Å². The summed E-state index contributed by atoms with van der Waals surface area (Å²) in [6, 6.07) is 14.9. The smallest absolute Gasteiger partial charge is 0.256 e. The van der Waals surface area contributed by atoms with Gasteiger partial charge in [-0.2, -0.15) is 0 Å². The topological polar surface area (TPSA) is 65.6 Å². The summed E-state index contributed by atoms with van der Waals surface area (Å²) in [6.45, 7) is 2.11. The minimum atomic E-state index is -0.0168. The predicted octanol–water partition coefficient (Wildman–Crippen LogP) is 2.77. The number of para-hydroxylation sites is 1. The molecule has 0 bridgehead atoms.